The third-order valence-electron chi connectivity index (χ3n) is 3.24. The Hall–Kier alpha value is -0.970. The lowest BCUT2D eigenvalue weighted by atomic mass is 9.98. The first kappa shape index (κ1) is 17.1. The Labute approximate surface area is 126 Å². The first-order valence-electron chi connectivity index (χ1n) is 7.01. The van der Waals surface area contributed by atoms with E-state index >= 15 is 0 Å². The van der Waals surface area contributed by atoms with Gasteiger partial charge in [0.1, 0.15) is 11.5 Å². The number of rotatable bonds is 3. The third kappa shape index (κ3) is 5.57. The van der Waals surface area contributed by atoms with Crippen LogP contribution in [0.5, 0.6) is 0 Å². The average Bonchev–Trinajstić information content (AvgIpc) is 2.36. The van der Waals surface area contributed by atoms with Crippen molar-refractivity contribution in [3.05, 3.63) is 0 Å². The van der Waals surface area contributed by atoms with Crippen molar-refractivity contribution in [2.24, 2.45) is 5.92 Å². The van der Waals surface area contributed by atoms with Gasteiger partial charge in [0.05, 0.1) is 0 Å². The Bertz CT molecular complexity index is 355. The summed E-state index contributed by atoms with van der Waals surface area (Å²) in [7, 11) is 1.75. The number of nitrogens with zero attached hydrogens (tertiary/aromatic N) is 2. The van der Waals surface area contributed by atoms with Gasteiger partial charge < -0.3 is 14.5 Å². The number of likely N-dealkylation sites (tertiary alicyclic amines) is 1. The number of carbonyl (C=O) groups is 2. The molecule has 0 aliphatic carbocycles. The predicted molar refractivity (Wildman–Crippen MR) is 78.9 cm³/mol. The van der Waals surface area contributed by atoms with Gasteiger partial charge in [-0.15, -0.1) is 11.6 Å². The second kappa shape index (κ2) is 7.16. The summed E-state index contributed by atoms with van der Waals surface area (Å²) in [5.74, 6) is 0.202. The first-order valence-corrected chi connectivity index (χ1v) is 7.54. The second-order valence-corrected chi connectivity index (χ2v) is 6.61. The molecule has 20 heavy (non-hydrogen) atoms. The summed E-state index contributed by atoms with van der Waals surface area (Å²) in [4.78, 5) is 26.9. The highest BCUT2D eigenvalue weighted by molar-refractivity contribution is 6.27. The summed E-state index contributed by atoms with van der Waals surface area (Å²) in [5.41, 5.74) is -0.477. The number of halogens is 1. The van der Waals surface area contributed by atoms with Crippen molar-refractivity contribution in [1.82, 2.24) is 9.80 Å². The molecule has 0 spiro atoms. The molecule has 5 nitrogen and oxygen atoms in total. The van der Waals surface area contributed by atoms with E-state index in [1.807, 2.05) is 20.8 Å². The molecule has 0 saturated carbocycles. The highest BCUT2D eigenvalue weighted by Crippen LogP contribution is 2.20. The maximum atomic E-state index is 12.0. The molecule has 0 aromatic heterocycles. The minimum absolute atomic E-state index is 0.000992. The molecule has 1 saturated heterocycles. The molecule has 116 valence electrons. The topological polar surface area (TPSA) is 49.9 Å². The van der Waals surface area contributed by atoms with E-state index in [0.29, 0.717) is 13.1 Å². The van der Waals surface area contributed by atoms with Crippen LogP contribution in [0.3, 0.4) is 0 Å². The fraction of sp³-hybridized carbons (Fsp3) is 0.857. The number of amides is 2. The third-order valence-corrected chi connectivity index (χ3v) is 3.47. The monoisotopic (exact) mass is 304 g/mol. The molecule has 0 unspecified atom stereocenters. The van der Waals surface area contributed by atoms with Crippen LogP contribution in [0.1, 0.15) is 33.6 Å². The van der Waals surface area contributed by atoms with Crippen LogP contribution in [-0.4, -0.2) is 60.0 Å². The van der Waals surface area contributed by atoms with Crippen molar-refractivity contribution in [3.63, 3.8) is 0 Å². The number of piperidine rings is 1. The molecule has 0 bridgehead atoms. The van der Waals surface area contributed by atoms with Gasteiger partial charge in [-0.05, 0) is 39.5 Å². The first-order chi connectivity index (χ1) is 9.23. The van der Waals surface area contributed by atoms with E-state index in [2.05, 4.69) is 0 Å². The lowest BCUT2D eigenvalue weighted by Crippen LogP contribution is -2.46. The Morgan fingerprint density at radius 3 is 2.60 bits per heavy atom. The predicted octanol–water partition coefficient (Wildman–Crippen LogP) is 2.33. The molecule has 0 radical (unpaired) electrons. The highest BCUT2D eigenvalue weighted by atomic mass is 35.5. The van der Waals surface area contributed by atoms with E-state index < -0.39 is 5.60 Å². The molecule has 1 atom stereocenters. The lowest BCUT2D eigenvalue weighted by Gasteiger charge is -2.35. The molecular weight excluding hydrogens is 280 g/mol. The van der Waals surface area contributed by atoms with Crippen molar-refractivity contribution in [2.75, 3.05) is 32.6 Å². The summed E-state index contributed by atoms with van der Waals surface area (Å²) >= 11 is 5.54. The second-order valence-electron chi connectivity index (χ2n) is 6.34. The van der Waals surface area contributed by atoms with Crippen LogP contribution in [0.2, 0.25) is 0 Å². The minimum Gasteiger partial charge on any atom is -0.444 e. The highest BCUT2D eigenvalue weighted by Gasteiger charge is 2.28. The molecule has 1 fully saturated rings. The summed E-state index contributed by atoms with van der Waals surface area (Å²) in [6.07, 6.45) is 1.68. The van der Waals surface area contributed by atoms with Crippen LogP contribution in [0, 0.1) is 5.92 Å². The van der Waals surface area contributed by atoms with Gasteiger partial charge in [0, 0.05) is 26.7 Å². The fourth-order valence-corrected chi connectivity index (χ4v) is 2.50. The van der Waals surface area contributed by atoms with Crippen LogP contribution >= 0.6 is 11.6 Å². The SMILES string of the molecule is CN(C[C@@H]1CCCN(C(=O)OC(C)(C)C)C1)C(=O)CCl. The van der Waals surface area contributed by atoms with Gasteiger partial charge in [0.15, 0.2) is 0 Å². The van der Waals surface area contributed by atoms with Crippen molar-refractivity contribution in [3.8, 4) is 0 Å². The molecular formula is C14H25ClN2O3. The quantitative estimate of drug-likeness (QED) is 0.752. The molecule has 1 aliphatic rings. The summed E-state index contributed by atoms with van der Waals surface area (Å²) in [5, 5.41) is 0. The van der Waals surface area contributed by atoms with Gasteiger partial charge in [-0.3, -0.25) is 4.79 Å². The van der Waals surface area contributed by atoms with Crippen molar-refractivity contribution < 1.29 is 14.3 Å². The number of ether oxygens (including phenoxy) is 1. The van der Waals surface area contributed by atoms with E-state index in [0.717, 1.165) is 19.4 Å². The van der Waals surface area contributed by atoms with E-state index in [4.69, 9.17) is 16.3 Å². The zero-order valence-electron chi connectivity index (χ0n) is 12.8. The van der Waals surface area contributed by atoms with Crippen LogP contribution in [0.25, 0.3) is 0 Å². The molecule has 0 N–H and O–H groups in total. The normalized spacial score (nSPS) is 19.6. The van der Waals surface area contributed by atoms with Gasteiger partial charge in [-0.25, -0.2) is 4.79 Å². The smallest absolute Gasteiger partial charge is 0.410 e. The molecule has 6 heteroatoms. The van der Waals surface area contributed by atoms with Crippen molar-refractivity contribution >= 4 is 23.6 Å². The maximum Gasteiger partial charge on any atom is 0.410 e. The molecule has 0 aromatic carbocycles. The van der Waals surface area contributed by atoms with E-state index in [9.17, 15) is 9.59 Å². The van der Waals surface area contributed by atoms with Crippen LogP contribution in [0.15, 0.2) is 0 Å². The van der Waals surface area contributed by atoms with Gasteiger partial charge >= 0.3 is 6.09 Å². The number of alkyl halides is 1. The molecule has 2 amide bonds. The van der Waals surface area contributed by atoms with Crippen LogP contribution in [-0.2, 0) is 9.53 Å². The zero-order chi connectivity index (χ0) is 15.3. The van der Waals surface area contributed by atoms with Gasteiger partial charge in [0.25, 0.3) is 0 Å². The van der Waals surface area contributed by atoms with Gasteiger partial charge in [0.2, 0.25) is 5.91 Å². The summed E-state index contributed by atoms with van der Waals surface area (Å²) in [6, 6.07) is 0. The number of hydrogen-bond acceptors (Lipinski definition) is 3. The summed E-state index contributed by atoms with van der Waals surface area (Å²) < 4.78 is 5.38. The minimum atomic E-state index is -0.477. The zero-order valence-corrected chi connectivity index (χ0v) is 13.6. The Morgan fingerprint density at radius 1 is 1.40 bits per heavy atom. The maximum absolute atomic E-state index is 12.0. The average molecular weight is 305 g/mol. The molecule has 1 rings (SSSR count). The van der Waals surface area contributed by atoms with E-state index in [1.165, 1.54) is 0 Å². The number of hydrogen-bond donors (Lipinski definition) is 0. The summed E-state index contributed by atoms with van der Waals surface area (Å²) in [6.45, 7) is 7.57. The Balaban J connectivity index is 2.50. The van der Waals surface area contributed by atoms with Gasteiger partial charge in [-0.2, -0.15) is 0 Å². The van der Waals surface area contributed by atoms with E-state index in [-0.39, 0.29) is 23.8 Å². The molecule has 1 aliphatic heterocycles. The Morgan fingerprint density at radius 2 is 2.05 bits per heavy atom. The standard InChI is InChI=1S/C14H25ClN2O3/c1-14(2,3)20-13(19)17-7-5-6-11(10-17)9-16(4)12(18)8-15/h11H,5-10H2,1-4H3/t11-/m0/s1. The van der Waals surface area contributed by atoms with E-state index in [1.54, 1.807) is 16.8 Å². The van der Waals surface area contributed by atoms with Crippen molar-refractivity contribution in [2.45, 2.75) is 39.2 Å². The number of carbonyl (C=O) groups excluding carboxylic acids is 2. The fourth-order valence-electron chi connectivity index (χ4n) is 2.30. The Kier molecular flexibility index (Phi) is 6.11. The van der Waals surface area contributed by atoms with Gasteiger partial charge in [-0.1, -0.05) is 0 Å². The van der Waals surface area contributed by atoms with Crippen molar-refractivity contribution in [1.29, 1.82) is 0 Å². The van der Waals surface area contributed by atoms with Crippen LogP contribution < -0.4 is 0 Å². The largest absolute Gasteiger partial charge is 0.444 e. The molecule has 1 heterocycles. The van der Waals surface area contributed by atoms with Crippen LogP contribution in [0.4, 0.5) is 4.79 Å². The molecule has 0 aromatic rings. The lowest BCUT2D eigenvalue weighted by molar-refractivity contribution is -0.127.